The maximum atomic E-state index is 4.86. The molecular formula is C16H18N4S. The molecule has 0 atom stereocenters. The quantitative estimate of drug-likeness (QED) is 0.742. The Kier molecular flexibility index (Phi) is 3.15. The lowest BCUT2D eigenvalue weighted by atomic mass is 10.0. The second kappa shape index (κ2) is 5.15. The van der Waals surface area contributed by atoms with E-state index in [1.54, 1.807) is 0 Å². The van der Waals surface area contributed by atoms with E-state index in [2.05, 4.69) is 39.6 Å². The molecule has 0 saturated carbocycles. The third kappa shape index (κ3) is 2.31. The molecule has 0 amide bonds. The van der Waals surface area contributed by atoms with Crippen LogP contribution in [0.2, 0.25) is 0 Å². The van der Waals surface area contributed by atoms with E-state index in [0.717, 1.165) is 26.1 Å². The highest BCUT2D eigenvalue weighted by atomic mass is 32.1. The molecule has 1 saturated heterocycles. The SMILES string of the molecule is CCc1cccc2sc(N3CC(Cn4ccnc4)C3)nc12. The molecule has 4 nitrogen and oxygen atoms in total. The van der Waals surface area contributed by atoms with Crippen LogP contribution in [0.15, 0.2) is 36.9 Å². The van der Waals surface area contributed by atoms with Crippen LogP contribution in [0.5, 0.6) is 0 Å². The molecule has 0 radical (unpaired) electrons. The molecule has 4 rings (SSSR count). The first kappa shape index (κ1) is 12.8. The summed E-state index contributed by atoms with van der Waals surface area (Å²) in [6, 6.07) is 6.50. The molecule has 1 fully saturated rings. The third-order valence-corrected chi connectivity index (χ3v) is 5.21. The molecule has 0 aliphatic carbocycles. The molecule has 21 heavy (non-hydrogen) atoms. The van der Waals surface area contributed by atoms with E-state index in [1.807, 2.05) is 30.1 Å². The summed E-state index contributed by atoms with van der Waals surface area (Å²) in [6.45, 7) is 5.44. The Labute approximate surface area is 128 Å². The minimum Gasteiger partial charge on any atom is -0.347 e. The number of imidazole rings is 1. The van der Waals surface area contributed by atoms with Gasteiger partial charge in [-0.15, -0.1) is 0 Å². The predicted molar refractivity (Wildman–Crippen MR) is 86.9 cm³/mol. The van der Waals surface area contributed by atoms with Crippen molar-refractivity contribution in [1.82, 2.24) is 14.5 Å². The summed E-state index contributed by atoms with van der Waals surface area (Å²) < 4.78 is 3.47. The zero-order chi connectivity index (χ0) is 14.2. The van der Waals surface area contributed by atoms with Gasteiger partial charge in [-0.2, -0.15) is 0 Å². The highest BCUT2D eigenvalue weighted by Crippen LogP contribution is 2.34. The van der Waals surface area contributed by atoms with Gasteiger partial charge < -0.3 is 9.47 Å². The molecule has 3 heterocycles. The zero-order valence-corrected chi connectivity index (χ0v) is 12.9. The molecule has 108 valence electrons. The smallest absolute Gasteiger partial charge is 0.186 e. The molecule has 0 bridgehead atoms. The van der Waals surface area contributed by atoms with Gasteiger partial charge in [0.15, 0.2) is 5.13 Å². The lowest BCUT2D eigenvalue weighted by Gasteiger charge is -2.39. The number of hydrogen-bond donors (Lipinski definition) is 0. The number of aromatic nitrogens is 3. The summed E-state index contributed by atoms with van der Waals surface area (Å²) >= 11 is 1.82. The number of fused-ring (bicyclic) bond motifs is 1. The standard InChI is InChI=1S/C16H18N4S/c1-2-13-4-3-5-14-15(13)18-16(21-14)20-9-12(10-20)8-19-7-6-17-11-19/h3-7,11-12H,2,8-10H2,1H3. The topological polar surface area (TPSA) is 34.0 Å². The average Bonchev–Trinajstić information content (AvgIpc) is 3.10. The number of nitrogens with zero attached hydrogens (tertiary/aromatic N) is 4. The molecule has 2 aromatic heterocycles. The van der Waals surface area contributed by atoms with Crippen LogP contribution >= 0.6 is 11.3 Å². The summed E-state index contributed by atoms with van der Waals surface area (Å²) in [5.41, 5.74) is 2.54. The fraction of sp³-hybridized carbons (Fsp3) is 0.375. The Morgan fingerprint density at radius 3 is 3.00 bits per heavy atom. The summed E-state index contributed by atoms with van der Waals surface area (Å²) in [5, 5.41) is 1.17. The summed E-state index contributed by atoms with van der Waals surface area (Å²) in [7, 11) is 0. The summed E-state index contributed by atoms with van der Waals surface area (Å²) in [6.07, 6.45) is 6.82. The van der Waals surface area contributed by atoms with Gasteiger partial charge in [0.05, 0.1) is 16.5 Å². The van der Waals surface area contributed by atoms with Crippen molar-refractivity contribution in [2.75, 3.05) is 18.0 Å². The molecule has 1 aromatic carbocycles. The Morgan fingerprint density at radius 1 is 1.33 bits per heavy atom. The number of thiazole rings is 1. The van der Waals surface area contributed by atoms with Gasteiger partial charge >= 0.3 is 0 Å². The molecular weight excluding hydrogens is 280 g/mol. The van der Waals surface area contributed by atoms with Gasteiger partial charge in [0, 0.05) is 37.9 Å². The zero-order valence-electron chi connectivity index (χ0n) is 12.1. The number of para-hydroxylation sites is 1. The van der Waals surface area contributed by atoms with Crippen molar-refractivity contribution >= 4 is 26.7 Å². The Bertz CT molecular complexity index is 741. The Balaban J connectivity index is 1.48. The van der Waals surface area contributed by atoms with Crippen molar-refractivity contribution in [1.29, 1.82) is 0 Å². The van der Waals surface area contributed by atoms with Gasteiger partial charge in [0.2, 0.25) is 0 Å². The van der Waals surface area contributed by atoms with Crippen molar-refractivity contribution in [3.63, 3.8) is 0 Å². The molecule has 0 spiro atoms. The fourth-order valence-electron chi connectivity index (χ4n) is 2.95. The van der Waals surface area contributed by atoms with E-state index in [1.165, 1.54) is 20.9 Å². The van der Waals surface area contributed by atoms with Crippen LogP contribution in [0, 0.1) is 5.92 Å². The van der Waals surface area contributed by atoms with E-state index in [4.69, 9.17) is 4.98 Å². The predicted octanol–water partition coefficient (Wildman–Crippen LogP) is 3.19. The first-order valence-corrected chi connectivity index (χ1v) is 8.24. The van der Waals surface area contributed by atoms with E-state index in [0.29, 0.717) is 5.92 Å². The van der Waals surface area contributed by atoms with Gasteiger partial charge in [0.1, 0.15) is 0 Å². The van der Waals surface area contributed by atoms with Gasteiger partial charge in [-0.3, -0.25) is 0 Å². The van der Waals surface area contributed by atoms with Crippen LogP contribution in [0.1, 0.15) is 12.5 Å². The first-order chi connectivity index (χ1) is 10.3. The molecule has 0 N–H and O–H groups in total. The van der Waals surface area contributed by atoms with Crippen LogP contribution in [0.25, 0.3) is 10.2 Å². The Hall–Kier alpha value is -1.88. The summed E-state index contributed by atoms with van der Waals surface area (Å²) in [5.74, 6) is 0.705. The van der Waals surface area contributed by atoms with Crippen LogP contribution in [-0.4, -0.2) is 27.6 Å². The molecule has 1 aliphatic rings. The van der Waals surface area contributed by atoms with E-state index < -0.39 is 0 Å². The van der Waals surface area contributed by atoms with E-state index in [9.17, 15) is 0 Å². The van der Waals surface area contributed by atoms with Crippen molar-refractivity contribution in [3.05, 3.63) is 42.5 Å². The molecule has 1 aliphatic heterocycles. The minimum atomic E-state index is 0.705. The van der Waals surface area contributed by atoms with Crippen molar-refractivity contribution in [2.45, 2.75) is 19.9 Å². The minimum absolute atomic E-state index is 0.705. The van der Waals surface area contributed by atoms with Crippen LogP contribution < -0.4 is 4.90 Å². The number of benzene rings is 1. The molecule has 3 aromatic rings. The van der Waals surface area contributed by atoms with Gasteiger partial charge in [0.25, 0.3) is 0 Å². The second-order valence-electron chi connectivity index (χ2n) is 5.64. The van der Waals surface area contributed by atoms with E-state index in [-0.39, 0.29) is 0 Å². The third-order valence-electron chi connectivity index (χ3n) is 4.13. The van der Waals surface area contributed by atoms with Gasteiger partial charge in [-0.1, -0.05) is 30.4 Å². The lowest BCUT2D eigenvalue weighted by molar-refractivity contribution is 0.357. The number of hydrogen-bond acceptors (Lipinski definition) is 4. The molecule has 0 unspecified atom stereocenters. The molecule has 5 heteroatoms. The van der Waals surface area contributed by atoms with E-state index >= 15 is 0 Å². The van der Waals surface area contributed by atoms with Gasteiger partial charge in [-0.05, 0) is 18.1 Å². The van der Waals surface area contributed by atoms with Crippen molar-refractivity contribution in [3.8, 4) is 0 Å². The maximum Gasteiger partial charge on any atom is 0.186 e. The van der Waals surface area contributed by atoms with Gasteiger partial charge in [-0.25, -0.2) is 9.97 Å². The van der Waals surface area contributed by atoms with Crippen LogP contribution in [0.3, 0.4) is 0 Å². The number of rotatable bonds is 4. The fourth-order valence-corrected chi connectivity index (χ4v) is 3.98. The Morgan fingerprint density at radius 2 is 2.24 bits per heavy atom. The second-order valence-corrected chi connectivity index (χ2v) is 6.65. The first-order valence-electron chi connectivity index (χ1n) is 7.42. The van der Waals surface area contributed by atoms with Crippen molar-refractivity contribution in [2.24, 2.45) is 5.92 Å². The largest absolute Gasteiger partial charge is 0.347 e. The monoisotopic (exact) mass is 298 g/mol. The van der Waals surface area contributed by atoms with Crippen LogP contribution in [0.4, 0.5) is 5.13 Å². The average molecular weight is 298 g/mol. The maximum absolute atomic E-state index is 4.86. The van der Waals surface area contributed by atoms with Crippen molar-refractivity contribution < 1.29 is 0 Å². The highest BCUT2D eigenvalue weighted by molar-refractivity contribution is 7.22. The van der Waals surface area contributed by atoms with Crippen LogP contribution in [-0.2, 0) is 13.0 Å². The number of anilines is 1. The summed E-state index contributed by atoms with van der Waals surface area (Å²) in [4.78, 5) is 11.4. The number of aryl methyl sites for hydroxylation is 1. The highest BCUT2D eigenvalue weighted by Gasteiger charge is 2.29. The lowest BCUT2D eigenvalue weighted by Crippen LogP contribution is -2.48. The normalized spacial score (nSPS) is 15.6.